The van der Waals surface area contributed by atoms with Crippen LogP contribution in [0.3, 0.4) is 0 Å². The highest BCUT2D eigenvalue weighted by Crippen LogP contribution is 2.39. The fourth-order valence-electron chi connectivity index (χ4n) is 4.52. The molecule has 1 heterocycles. The Morgan fingerprint density at radius 1 is 0.581 bits per heavy atom. The second kappa shape index (κ2) is 13.8. The summed E-state index contributed by atoms with van der Waals surface area (Å²) in [5.74, 6) is 4.22. The van der Waals surface area contributed by atoms with Crippen LogP contribution in [-0.4, -0.2) is 53.7 Å². The number of ether oxygens (including phenoxy) is 7. The molecule has 5 aromatic rings. The van der Waals surface area contributed by atoms with Gasteiger partial charge < -0.3 is 33.2 Å². The third kappa shape index (κ3) is 6.79. The summed E-state index contributed by atoms with van der Waals surface area (Å²) in [4.78, 5) is 4.74. The lowest BCUT2D eigenvalue weighted by Crippen LogP contribution is -2.10. The number of hydrogen-bond donors (Lipinski definition) is 0. The molecule has 0 spiro atoms. The van der Waals surface area contributed by atoms with E-state index in [1.54, 1.807) is 46.9 Å². The smallest absolute Gasteiger partial charge is 0.203 e. The van der Waals surface area contributed by atoms with Crippen LogP contribution >= 0.6 is 11.3 Å². The topological polar surface area (TPSA) is 77.5 Å². The van der Waals surface area contributed by atoms with Crippen molar-refractivity contribution < 1.29 is 33.2 Å². The first-order valence-electron chi connectivity index (χ1n) is 13.5. The molecule has 8 nitrogen and oxygen atoms in total. The minimum atomic E-state index is 0.305. The zero-order valence-electron chi connectivity index (χ0n) is 24.7. The molecule has 9 heteroatoms. The first-order valence-corrected chi connectivity index (χ1v) is 14.3. The standard InChI is InChI=1S/C34H33NO7S/c1-36-26-14-12-22(10-11-23-19-30(38-3)33(40-5)31(20-23)39-4)18-29(26)42-17-16-41-27-15-13-24(21-28(27)37-2)34-35-25-8-6-7-9-32(25)43-34/h6-15,18-21H,16-17H2,1-5H3. The Morgan fingerprint density at radius 3 is 1.88 bits per heavy atom. The third-order valence-corrected chi connectivity index (χ3v) is 7.73. The molecule has 43 heavy (non-hydrogen) atoms. The van der Waals surface area contributed by atoms with Gasteiger partial charge in [-0.3, -0.25) is 0 Å². The number of nitrogens with zero attached hydrogens (tertiary/aromatic N) is 1. The zero-order valence-corrected chi connectivity index (χ0v) is 25.5. The molecule has 0 saturated heterocycles. The number of thiazole rings is 1. The minimum absolute atomic E-state index is 0.305. The lowest BCUT2D eigenvalue weighted by molar-refractivity contribution is 0.206. The summed E-state index contributed by atoms with van der Waals surface area (Å²) in [6, 6.07) is 23.4. The number of methoxy groups -OCH3 is 5. The largest absolute Gasteiger partial charge is 0.493 e. The van der Waals surface area contributed by atoms with E-state index in [2.05, 4.69) is 6.07 Å². The van der Waals surface area contributed by atoms with Crippen molar-refractivity contribution in [2.75, 3.05) is 48.8 Å². The van der Waals surface area contributed by atoms with Crippen molar-refractivity contribution >= 4 is 33.7 Å². The molecule has 1 aromatic heterocycles. The van der Waals surface area contributed by atoms with Crippen LogP contribution < -0.4 is 33.2 Å². The Morgan fingerprint density at radius 2 is 1.21 bits per heavy atom. The van der Waals surface area contributed by atoms with Crippen LogP contribution in [0.15, 0.2) is 72.8 Å². The van der Waals surface area contributed by atoms with E-state index in [0.29, 0.717) is 53.5 Å². The molecule has 0 radical (unpaired) electrons. The Bertz CT molecular complexity index is 1670. The van der Waals surface area contributed by atoms with Crippen LogP contribution in [0, 0.1) is 0 Å². The average Bonchev–Trinajstić information content (AvgIpc) is 3.49. The molecular formula is C34H33NO7S. The number of benzene rings is 4. The van der Waals surface area contributed by atoms with E-state index in [1.165, 1.54) is 0 Å². The predicted octanol–water partition coefficient (Wildman–Crippen LogP) is 7.63. The van der Waals surface area contributed by atoms with Gasteiger partial charge in [0.05, 0.1) is 45.8 Å². The van der Waals surface area contributed by atoms with Crippen molar-refractivity contribution in [3.8, 4) is 50.8 Å². The van der Waals surface area contributed by atoms with Crippen molar-refractivity contribution in [1.29, 1.82) is 0 Å². The number of aromatic nitrogens is 1. The number of hydrogen-bond acceptors (Lipinski definition) is 9. The van der Waals surface area contributed by atoms with E-state index < -0.39 is 0 Å². The van der Waals surface area contributed by atoms with E-state index in [0.717, 1.165) is 31.9 Å². The molecule has 0 saturated carbocycles. The predicted molar refractivity (Wildman–Crippen MR) is 171 cm³/mol. The van der Waals surface area contributed by atoms with Crippen molar-refractivity contribution in [1.82, 2.24) is 4.98 Å². The van der Waals surface area contributed by atoms with Crippen molar-refractivity contribution in [3.05, 3.63) is 83.9 Å². The third-order valence-electron chi connectivity index (χ3n) is 6.65. The van der Waals surface area contributed by atoms with Crippen molar-refractivity contribution in [2.45, 2.75) is 0 Å². The average molecular weight is 600 g/mol. The second-order valence-corrected chi connectivity index (χ2v) is 10.3. The molecule has 4 aromatic carbocycles. The first-order chi connectivity index (χ1) is 21.1. The Balaban J connectivity index is 1.24. The summed E-state index contributed by atoms with van der Waals surface area (Å²) in [6.07, 6.45) is 3.94. The maximum atomic E-state index is 6.06. The van der Waals surface area contributed by atoms with Crippen LogP contribution in [0.5, 0.6) is 40.2 Å². The monoisotopic (exact) mass is 599 g/mol. The van der Waals surface area contributed by atoms with Crippen LogP contribution in [0.25, 0.3) is 32.9 Å². The lowest BCUT2D eigenvalue weighted by Gasteiger charge is -2.14. The van der Waals surface area contributed by atoms with Gasteiger partial charge in [-0.2, -0.15) is 0 Å². The first kappa shape index (κ1) is 29.6. The second-order valence-electron chi connectivity index (χ2n) is 9.25. The van der Waals surface area contributed by atoms with Gasteiger partial charge in [0, 0.05) is 5.56 Å². The molecule has 222 valence electrons. The molecule has 5 rings (SSSR count). The Labute approximate surface area is 255 Å². The fourth-order valence-corrected chi connectivity index (χ4v) is 5.48. The van der Waals surface area contributed by atoms with Gasteiger partial charge >= 0.3 is 0 Å². The summed E-state index contributed by atoms with van der Waals surface area (Å²) in [5, 5.41) is 0.931. The number of fused-ring (bicyclic) bond motifs is 1. The quantitative estimate of drug-likeness (QED) is 0.101. The molecule has 0 N–H and O–H groups in total. The van der Waals surface area contributed by atoms with E-state index in [1.807, 2.05) is 78.9 Å². The molecule has 0 fully saturated rings. The summed E-state index contributed by atoms with van der Waals surface area (Å²) in [5.41, 5.74) is 3.78. The number of rotatable bonds is 13. The van der Waals surface area contributed by atoms with E-state index >= 15 is 0 Å². The van der Waals surface area contributed by atoms with Crippen molar-refractivity contribution in [2.24, 2.45) is 0 Å². The lowest BCUT2D eigenvalue weighted by atomic mass is 10.1. The van der Waals surface area contributed by atoms with Gasteiger partial charge in [-0.25, -0.2) is 4.98 Å². The highest BCUT2D eigenvalue weighted by molar-refractivity contribution is 7.21. The van der Waals surface area contributed by atoms with Gasteiger partial charge in [-0.05, 0) is 65.7 Å². The Hall–Kier alpha value is -4.89. The highest BCUT2D eigenvalue weighted by atomic mass is 32.1. The van der Waals surface area contributed by atoms with Gasteiger partial charge in [0.2, 0.25) is 5.75 Å². The minimum Gasteiger partial charge on any atom is -0.493 e. The summed E-state index contributed by atoms with van der Waals surface area (Å²) < 4.78 is 40.7. The molecule has 0 aliphatic heterocycles. The van der Waals surface area contributed by atoms with E-state index in [4.69, 9.17) is 38.1 Å². The van der Waals surface area contributed by atoms with Gasteiger partial charge in [0.25, 0.3) is 0 Å². The zero-order chi connectivity index (χ0) is 30.2. The van der Waals surface area contributed by atoms with Crippen molar-refractivity contribution in [3.63, 3.8) is 0 Å². The molecular weight excluding hydrogens is 566 g/mol. The molecule has 0 unspecified atom stereocenters. The molecule has 0 aliphatic carbocycles. The van der Waals surface area contributed by atoms with Gasteiger partial charge in [-0.1, -0.05) is 30.4 Å². The molecule has 0 atom stereocenters. The number of para-hydroxylation sites is 1. The SMILES string of the molecule is COc1cc(-c2nc3ccccc3s2)ccc1OCCOc1cc(C=Cc2cc(OC)c(OC)c(OC)c2)ccc1OC. The highest BCUT2D eigenvalue weighted by Gasteiger charge is 2.13. The van der Waals surface area contributed by atoms with Gasteiger partial charge in [0.1, 0.15) is 18.2 Å². The van der Waals surface area contributed by atoms with Crippen LogP contribution in [-0.2, 0) is 0 Å². The summed E-state index contributed by atoms with van der Waals surface area (Å²) >= 11 is 1.65. The van der Waals surface area contributed by atoms with Gasteiger partial charge in [-0.15, -0.1) is 11.3 Å². The maximum Gasteiger partial charge on any atom is 0.203 e. The van der Waals surface area contributed by atoms with Crippen LogP contribution in [0.1, 0.15) is 11.1 Å². The van der Waals surface area contributed by atoms with Crippen LogP contribution in [0.4, 0.5) is 0 Å². The summed E-state index contributed by atoms with van der Waals surface area (Å²) in [7, 11) is 8.01. The molecule has 0 bridgehead atoms. The van der Waals surface area contributed by atoms with Crippen LogP contribution in [0.2, 0.25) is 0 Å². The fraction of sp³-hybridized carbons (Fsp3) is 0.206. The van der Waals surface area contributed by atoms with Gasteiger partial charge in [0.15, 0.2) is 34.5 Å². The summed E-state index contributed by atoms with van der Waals surface area (Å²) in [6.45, 7) is 0.616. The van der Waals surface area contributed by atoms with E-state index in [-0.39, 0.29) is 0 Å². The molecule has 0 amide bonds. The molecule has 0 aliphatic rings. The normalized spacial score (nSPS) is 11.0. The maximum absolute atomic E-state index is 6.06. The Kier molecular flexibility index (Phi) is 9.53. The van der Waals surface area contributed by atoms with E-state index in [9.17, 15) is 0 Å².